The lowest BCUT2D eigenvalue weighted by Crippen LogP contribution is -2.33. The van der Waals surface area contributed by atoms with Gasteiger partial charge in [-0.2, -0.15) is 4.98 Å². The summed E-state index contributed by atoms with van der Waals surface area (Å²) in [5, 5.41) is 4.11. The first-order valence-corrected chi connectivity index (χ1v) is 10.3. The second-order valence-electron chi connectivity index (χ2n) is 6.85. The number of halogens is 1. The van der Waals surface area contributed by atoms with Gasteiger partial charge in [-0.05, 0) is 50.9 Å². The number of sulfonamides is 1. The lowest BCUT2D eigenvalue weighted by Gasteiger charge is -2.32. The van der Waals surface area contributed by atoms with Crippen LogP contribution in [0.4, 0.5) is 10.1 Å². The number of hydrogen-bond donors (Lipinski definition) is 1. The van der Waals surface area contributed by atoms with Crippen molar-refractivity contribution in [3.05, 3.63) is 35.7 Å². The van der Waals surface area contributed by atoms with Gasteiger partial charge < -0.3 is 9.42 Å². The van der Waals surface area contributed by atoms with E-state index in [1.165, 1.54) is 19.2 Å². The van der Waals surface area contributed by atoms with Gasteiger partial charge in [0.1, 0.15) is 5.82 Å². The summed E-state index contributed by atoms with van der Waals surface area (Å²) in [6, 6.07) is 4.02. The lowest BCUT2D eigenvalue weighted by atomic mass is 9.95. The molecule has 0 bridgehead atoms. The van der Waals surface area contributed by atoms with Gasteiger partial charge in [0, 0.05) is 24.9 Å². The molecular formula is C17H21FN4O3S. The quantitative estimate of drug-likeness (QED) is 0.857. The molecule has 2 aromatic rings. The predicted octanol–water partition coefficient (Wildman–Crippen LogP) is 2.38. The highest BCUT2D eigenvalue weighted by atomic mass is 32.2. The number of hydrogen-bond acceptors (Lipinski definition) is 6. The Morgan fingerprint density at radius 1 is 1.19 bits per heavy atom. The minimum absolute atomic E-state index is 0.0736. The highest BCUT2D eigenvalue weighted by molar-refractivity contribution is 7.89. The first-order valence-electron chi connectivity index (χ1n) is 8.79. The van der Waals surface area contributed by atoms with E-state index in [1.807, 2.05) is 4.90 Å². The Bertz CT molecular complexity index is 902. The molecule has 1 aliphatic heterocycles. The van der Waals surface area contributed by atoms with Crippen molar-refractivity contribution >= 4 is 15.7 Å². The maximum absolute atomic E-state index is 14.4. The highest BCUT2D eigenvalue weighted by Crippen LogP contribution is 2.40. The Labute approximate surface area is 151 Å². The van der Waals surface area contributed by atoms with Gasteiger partial charge in [0.25, 0.3) is 0 Å². The molecule has 1 aliphatic carbocycles. The molecule has 2 fully saturated rings. The largest absolute Gasteiger partial charge is 0.369 e. The molecule has 1 N–H and O–H groups in total. The third-order valence-electron chi connectivity index (χ3n) is 5.08. The van der Waals surface area contributed by atoms with Crippen LogP contribution in [0.2, 0.25) is 0 Å². The van der Waals surface area contributed by atoms with Crippen LogP contribution < -0.4 is 9.62 Å². The first-order chi connectivity index (χ1) is 12.5. The maximum atomic E-state index is 14.4. The Kier molecular flexibility index (Phi) is 4.44. The first kappa shape index (κ1) is 17.4. The van der Waals surface area contributed by atoms with Crippen LogP contribution in [0.25, 0.3) is 0 Å². The van der Waals surface area contributed by atoms with Crippen LogP contribution in [0, 0.1) is 5.82 Å². The smallest absolute Gasteiger partial charge is 0.240 e. The zero-order valence-electron chi connectivity index (χ0n) is 14.5. The van der Waals surface area contributed by atoms with Gasteiger partial charge in [0.2, 0.25) is 15.9 Å². The van der Waals surface area contributed by atoms with Crippen LogP contribution in [0.5, 0.6) is 0 Å². The number of nitrogens with one attached hydrogen (secondary N) is 1. The molecule has 1 aromatic heterocycles. The molecule has 9 heteroatoms. The van der Waals surface area contributed by atoms with E-state index < -0.39 is 15.8 Å². The number of benzene rings is 1. The number of aromatic nitrogens is 2. The molecule has 0 unspecified atom stereocenters. The molecule has 0 spiro atoms. The van der Waals surface area contributed by atoms with Crippen LogP contribution in [0.15, 0.2) is 27.6 Å². The molecule has 0 atom stereocenters. The zero-order chi connectivity index (χ0) is 18.3. The van der Waals surface area contributed by atoms with E-state index in [9.17, 15) is 12.8 Å². The van der Waals surface area contributed by atoms with Gasteiger partial charge in [-0.25, -0.2) is 17.5 Å². The predicted molar refractivity (Wildman–Crippen MR) is 93.1 cm³/mol. The number of nitrogens with zero attached hydrogens (tertiary/aromatic N) is 3. The summed E-state index contributed by atoms with van der Waals surface area (Å²) in [7, 11) is -2.34. The standard InChI is InChI=1S/C17H21FN4O3S/c1-19-26(23,24)13-4-5-15(14(18)10-13)22-8-6-11(7-9-22)16-20-17(25-21-16)12-2-3-12/h4-5,10-12,19H,2-3,6-9H2,1H3. The van der Waals surface area contributed by atoms with Gasteiger partial charge in [-0.3, -0.25) is 0 Å². The van der Waals surface area contributed by atoms with Crippen LogP contribution in [0.1, 0.15) is 49.2 Å². The molecule has 1 saturated carbocycles. The van der Waals surface area contributed by atoms with Crippen LogP contribution in [-0.2, 0) is 10.0 Å². The Balaban J connectivity index is 1.44. The van der Waals surface area contributed by atoms with Crippen LogP contribution in [0.3, 0.4) is 0 Å². The topological polar surface area (TPSA) is 88.3 Å². The second-order valence-corrected chi connectivity index (χ2v) is 8.73. The summed E-state index contributed by atoms with van der Waals surface area (Å²) in [5.41, 5.74) is 0.422. The van der Waals surface area contributed by atoms with E-state index in [1.54, 1.807) is 0 Å². The molecule has 26 heavy (non-hydrogen) atoms. The summed E-state index contributed by atoms with van der Waals surface area (Å²) in [4.78, 5) is 6.38. The molecule has 1 aromatic carbocycles. The van der Waals surface area contributed by atoms with Crippen molar-refractivity contribution in [3.63, 3.8) is 0 Å². The maximum Gasteiger partial charge on any atom is 0.240 e. The molecule has 0 radical (unpaired) electrons. The minimum Gasteiger partial charge on any atom is -0.369 e. The minimum atomic E-state index is -3.65. The van der Waals surface area contributed by atoms with Crippen molar-refractivity contribution in [2.45, 2.75) is 42.4 Å². The van der Waals surface area contributed by atoms with E-state index in [4.69, 9.17) is 4.52 Å². The van der Waals surface area contributed by atoms with E-state index in [0.717, 1.165) is 43.5 Å². The van der Waals surface area contributed by atoms with Gasteiger partial charge in [-0.1, -0.05) is 5.16 Å². The molecule has 2 heterocycles. The lowest BCUT2D eigenvalue weighted by molar-refractivity contribution is 0.364. The number of piperidine rings is 1. The molecular weight excluding hydrogens is 359 g/mol. The van der Waals surface area contributed by atoms with Gasteiger partial charge in [-0.15, -0.1) is 0 Å². The van der Waals surface area contributed by atoms with Gasteiger partial charge >= 0.3 is 0 Å². The number of anilines is 1. The van der Waals surface area contributed by atoms with Crippen molar-refractivity contribution in [2.75, 3.05) is 25.0 Å². The van der Waals surface area contributed by atoms with E-state index in [0.29, 0.717) is 24.7 Å². The third kappa shape index (κ3) is 3.33. The van der Waals surface area contributed by atoms with E-state index >= 15 is 0 Å². The van der Waals surface area contributed by atoms with Gasteiger partial charge in [0.15, 0.2) is 5.82 Å². The molecule has 1 saturated heterocycles. The Morgan fingerprint density at radius 3 is 2.54 bits per heavy atom. The fourth-order valence-electron chi connectivity index (χ4n) is 3.32. The molecule has 7 nitrogen and oxygen atoms in total. The summed E-state index contributed by atoms with van der Waals surface area (Å²) >= 11 is 0. The fourth-order valence-corrected chi connectivity index (χ4v) is 4.06. The molecule has 2 aliphatic rings. The van der Waals surface area contributed by atoms with Gasteiger partial charge in [0.05, 0.1) is 10.6 Å². The summed E-state index contributed by atoms with van der Waals surface area (Å²) in [6.07, 6.45) is 3.86. The van der Waals surface area contributed by atoms with Crippen LogP contribution >= 0.6 is 0 Å². The summed E-state index contributed by atoms with van der Waals surface area (Å²) < 4.78 is 45.5. The van der Waals surface area contributed by atoms with Crippen molar-refractivity contribution in [2.24, 2.45) is 0 Å². The monoisotopic (exact) mass is 380 g/mol. The average molecular weight is 380 g/mol. The Hall–Kier alpha value is -2.00. The normalized spacial score (nSPS) is 19.1. The fraction of sp³-hybridized carbons (Fsp3) is 0.529. The SMILES string of the molecule is CNS(=O)(=O)c1ccc(N2CCC(c3noc(C4CC4)n3)CC2)c(F)c1. The summed E-state index contributed by atoms with van der Waals surface area (Å²) in [6.45, 7) is 1.32. The summed E-state index contributed by atoms with van der Waals surface area (Å²) in [5.74, 6) is 1.62. The number of rotatable bonds is 5. The highest BCUT2D eigenvalue weighted by Gasteiger charge is 2.32. The van der Waals surface area contributed by atoms with Crippen molar-refractivity contribution < 1.29 is 17.3 Å². The van der Waals surface area contributed by atoms with Crippen molar-refractivity contribution in [1.82, 2.24) is 14.9 Å². The third-order valence-corrected chi connectivity index (χ3v) is 6.49. The molecule has 0 amide bonds. The van der Waals surface area contributed by atoms with Crippen LogP contribution in [-0.4, -0.2) is 38.7 Å². The van der Waals surface area contributed by atoms with E-state index in [2.05, 4.69) is 14.9 Å². The Morgan fingerprint density at radius 2 is 1.92 bits per heavy atom. The molecule has 4 rings (SSSR count). The zero-order valence-corrected chi connectivity index (χ0v) is 15.3. The van der Waals surface area contributed by atoms with Crippen molar-refractivity contribution in [3.8, 4) is 0 Å². The average Bonchev–Trinajstić information content (AvgIpc) is 3.39. The van der Waals surface area contributed by atoms with Crippen molar-refractivity contribution in [1.29, 1.82) is 0 Å². The molecule has 140 valence electrons. The second kappa shape index (κ2) is 6.62. The van der Waals surface area contributed by atoms with E-state index in [-0.39, 0.29) is 10.8 Å².